The Kier molecular flexibility index (Phi) is 8.98. The highest BCUT2D eigenvalue weighted by molar-refractivity contribution is 7.98. The van der Waals surface area contributed by atoms with Gasteiger partial charge in [0.2, 0.25) is 0 Å². The molecule has 0 aliphatic rings. The molecule has 5 rings (SSSR count). The number of thioether (sulfide) groups is 1. The van der Waals surface area contributed by atoms with Crippen LogP contribution in [0.2, 0.25) is 10.0 Å². The lowest BCUT2D eigenvalue weighted by molar-refractivity contribution is 0.0949. The Balaban J connectivity index is 1.25. The molecule has 198 valence electrons. The van der Waals surface area contributed by atoms with E-state index in [0.717, 1.165) is 32.8 Å². The van der Waals surface area contributed by atoms with Gasteiger partial charge in [-0.2, -0.15) is 0 Å². The second kappa shape index (κ2) is 12.8. The van der Waals surface area contributed by atoms with Crippen molar-refractivity contribution in [3.63, 3.8) is 0 Å². The largest absolute Gasteiger partial charge is 0.350 e. The Morgan fingerprint density at radius 2 is 1.82 bits per heavy atom. The Labute approximate surface area is 245 Å². The van der Waals surface area contributed by atoms with Crippen LogP contribution < -0.4 is 5.32 Å². The number of nitrogens with one attached hydrogen (secondary N) is 1. The fourth-order valence-corrected chi connectivity index (χ4v) is 6.34. The number of aryl methyl sites for hydroxylation is 1. The SMILES string of the molecule is Cc1ccccc1-n1c(Cc2ccccc2)nnc1SCc1nc(C(=O)NCCc2ccc(Cl)cc2Cl)cs1. The summed E-state index contributed by atoms with van der Waals surface area (Å²) in [5.74, 6) is 1.24. The number of thiazole rings is 1. The van der Waals surface area contributed by atoms with E-state index in [9.17, 15) is 4.79 Å². The van der Waals surface area contributed by atoms with Crippen molar-refractivity contribution in [2.24, 2.45) is 0 Å². The zero-order chi connectivity index (χ0) is 27.2. The molecule has 0 aliphatic heterocycles. The third kappa shape index (κ3) is 6.89. The van der Waals surface area contributed by atoms with Crippen molar-refractivity contribution in [2.45, 2.75) is 30.7 Å². The lowest BCUT2D eigenvalue weighted by atomic mass is 10.1. The van der Waals surface area contributed by atoms with E-state index in [2.05, 4.69) is 56.3 Å². The summed E-state index contributed by atoms with van der Waals surface area (Å²) in [7, 11) is 0. The van der Waals surface area contributed by atoms with E-state index < -0.39 is 0 Å². The van der Waals surface area contributed by atoms with Crippen molar-refractivity contribution in [2.75, 3.05) is 6.54 Å². The molecule has 0 fully saturated rings. The van der Waals surface area contributed by atoms with Gasteiger partial charge in [-0.3, -0.25) is 9.36 Å². The van der Waals surface area contributed by atoms with Gasteiger partial charge >= 0.3 is 0 Å². The van der Waals surface area contributed by atoms with Crippen molar-refractivity contribution >= 4 is 52.2 Å². The molecule has 3 aromatic carbocycles. The molecule has 10 heteroatoms. The fraction of sp³-hybridized carbons (Fsp3) is 0.172. The molecule has 2 aromatic heterocycles. The van der Waals surface area contributed by atoms with Gasteiger partial charge in [-0.15, -0.1) is 21.5 Å². The summed E-state index contributed by atoms with van der Waals surface area (Å²) in [5, 5.41) is 16.6. The van der Waals surface area contributed by atoms with Crippen LogP contribution in [0.3, 0.4) is 0 Å². The van der Waals surface area contributed by atoms with Crippen LogP contribution in [-0.2, 0) is 18.6 Å². The van der Waals surface area contributed by atoms with Gasteiger partial charge in [0.15, 0.2) is 5.16 Å². The van der Waals surface area contributed by atoms with Crippen LogP contribution in [0, 0.1) is 6.92 Å². The van der Waals surface area contributed by atoms with Crippen LogP contribution in [0.25, 0.3) is 5.69 Å². The Bertz CT molecular complexity index is 1590. The number of hydrogen-bond acceptors (Lipinski definition) is 6. The molecule has 0 radical (unpaired) electrons. The van der Waals surface area contributed by atoms with Crippen molar-refractivity contribution in [3.05, 3.63) is 121 Å². The van der Waals surface area contributed by atoms with Crippen LogP contribution in [-0.4, -0.2) is 32.2 Å². The van der Waals surface area contributed by atoms with E-state index in [1.165, 1.54) is 16.9 Å². The fourth-order valence-electron chi connectivity index (χ4n) is 4.08. The molecule has 6 nitrogen and oxygen atoms in total. The molecule has 0 spiro atoms. The van der Waals surface area contributed by atoms with E-state index in [-0.39, 0.29) is 5.91 Å². The maximum atomic E-state index is 12.7. The number of hydrogen-bond donors (Lipinski definition) is 1. The number of nitrogens with zero attached hydrogens (tertiary/aromatic N) is 4. The highest BCUT2D eigenvalue weighted by Crippen LogP contribution is 2.29. The van der Waals surface area contributed by atoms with Gasteiger partial charge in [0.05, 0.1) is 11.4 Å². The smallest absolute Gasteiger partial charge is 0.270 e. The number of para-hydroxylation sites is 1. The summed E-state index contributed by atoms with van der Waals surface area (Å²) < 4.78 is 2.12. The number of aromatic nitrogens is 4. The predicted octanol–water partition coefficient (Wildman–Crippen LogP) is 7.19. The number of halogens is 2. The van der Waals surface area contributed by atoms with Crippen LogP contribution >= 0.6 is 46.3 Å². The molecule has 0 saturated carbocycles. The van der Waals surface area contributed by atoms with Crippen LogP contribution in [0.4, 0.5) is 0 Å². The van der Waals surface area contributed by atoms with Crippen molar-refractivity contribution < 1.29 is 4.79 Å². The van der Waals surface area contributed by atoms with Gasteiger partial charge in [-0.05, 0) is 48.2 Å². The first-order chi connectivity index (χ1) is 19.0. The number of amides is 1. The van der Waals surface area contributed by atoms with E-state index in [4.69, 9.17) is 23.2 Å². The number of rotatable bonds is 10. The molecule has 1 amide bonds. The van der Waals surface area contributed by atoms with Crippen molar-refractivity contribution in [1.82, 2.24) is 25.1 Å². The topological polar surface area (TPSA) is 72.7 Å². The molecule has 0 aliphatic carbocycles. The quantitative estimate of drug-likeness (QED) is 0.173. The molecule has 2 heterocycles. The van der Waals surface area contributed by atoms with Gasteiger partial charge in [0.1, 0.15) is 16.5 Å². The molecule has 0 saturated heterocycles. The van der Waals surface area contributed by atoms with Crippen LogP contribution in [0.15, 0.2) is 83.3 Å². The first-order valence-electron chi connectivity index (χ1n) is 12.3. The third-order valence-electron chi connectivity index (χ3n) is 6.07. The highest BCUT2D eigenvalue weighted by atomic mass is 35.5. The van der Waals surface area contributed by atoms with E-state index in [1.54, 1.807) is 29.3 Å². The number of benzene rings is 3. The van der Waals surface area contributed by atoms with E-state index >= 15 is 0 Å². The lowest BCUT2D eigenvalue weighted by Crippen LogP contribution is -2.26. The molecule has 0 atom stereocenters. The molecule has 0 unspecified atom stereocenters. The maximum Gasteiger partial charge on any atom is 0.270 e. The minimum Gasteiger partial charge on any atom is -0.350 e. The van der Waals surface area contributed by atoms with Gasteiger partial charge in [-0.25, -0.2) is 4.98 Å². The van der Waals surface area contributed by atoms with Crippen molar-refractivity contribution in [1.29, 1.82) is 0 Å². The third-order valence-corrected chi connectivity index (χ3v) is 8.62. The van der Waals surface area contributed by atoms with Gasteiger partial charge in [-0.1, -0.05) is 89.6 Å². The normalized spacial score (nSPS) is 11.1. The summed E-state index contributed by atoms with van der Waals surface area (Å²) in [4.78, 5) is 17.2. The first-order valence-corrected chi connectivity index (χ1v) is 14.9. The molecular weight excluding hydrogens is 569 g/mol. The number of carbonyl (C=O) groups excluding carboxylic acids is 1. The molecule has 0 bridgehead atoms. The van der Waals surface area contributed by atoms with Crippen LogP contribution in [0.1, 0.15) is 38.0 Å². The average Bonchev–Trinajstić information content (AvgIpc) is 3.57. The standard InChI is InChI=1S/C29H25Cl2N5OS2/c1-19-7-5-6-10-25(19)36-26(15-20-8-3-2-4-9-20)34-35-29(36)39-18-27-33-24(17-38-27)28(37)32-14-13-21-11-12-22(30)16-23(21)31/h2-12,16-17H,13-15,18H2,1H3,(H,32,37). The summed E-state index contributed by atoms with van der Waals surface area (Å²) in [6.07, 6.45) is 1.28. The summed E-state index contributed by atoms with van der Waals surface area (Å²) in [6.45, 7) is 2.54. The van der Waals surface area contributed by atoms with Crippen LogP contribution in [0.5, 0.6) is 0 Å². The Morgan fingerprint density at radius 3 is 2.62 bits per heavy atom. The van der Waals surface area contributed by atoms with Gasteiger partial charge in [0.25, 0.3) is 5.91 Å². The minimum absolute atomic E-state index is 0.208. The Hall–Kier alpha value is -3.17. The summed E-state index contributed by atoms with van der Waals surface area (Å²) in [6, 6.07) is 23.8. The summed E-state index contributed by atoms with van der Waals surface area (Å²) >= 11 is 15.2. The minimum atomic E-state index is -0.208. The second-order valence-electron chi connectivity index (χ2n) is 8.84. The second-order valence-corrected chi connectivity index (χ2v) is 11.6. The molecular formula is C29H25Cl2N5OS2. The molecule has 1 N–H and O–H groups in total. The van der Waals surface area contributed by atoms with E-state index in [0.29, 0.717) is 40.9 Å². The van der Waals surface area contributed by atoms with Crippen molar-refractivity contribution in [3.8, 4) is 5.69 Å². The average molecular weight is 595 g/mol. The van der Waals surface area contributed by atoms with Gasteiger partial charge in [0, 0.05) is 28.4 Å². The predicted molar refractivity (Wildman–Crippen MR) is 160 cm³/mol. The number of carbonyl (C=O) groups is 1. The molecule has 39 heavy (non-hydrogen) atoms. The summed E-state index contributed by atoms with van der Waals surface area (Å²) in [5.41, 5.74) is 4.70. The first kappa shape index (κ1) is 27.4. The van der Waals surface area contributed by atoms with Gasteiger partial charge < -0.3 is 5.32 Å². The lowest BCUT2D eigenvalue weighted by Gasteiger charge is -2.12. The van der Waals surface area contributed by atoms with E-state index in [1.807, 2.05) is 36.4 Å². The molecule has 5 aromatic rings. The maximum absolute atomic E-state index is 12.7. The monoisotopic (exact) mass is 593 g/mol. The Morgan fingerprint density at radius 1 is 1.03 bits per heavy atom. The highest BCUT2D eigenvalue weighted by Gasteiger charge is 2.18. The zero-order valence-corrected chi connectivity index (χ0v) is 24.2. The zero-order valence-electron chi connectivity index (χ0n) is 21.1.